The number of anilines is 1. The molecule has 0 bridgehead atoms. The molecule has 2 aromatic rings. The van der Waals surface area contributed by atoms with Gasteiger partial charge < -0.3 is 15.2 Å². The number of allylic oxidation sites excluding steroid dienone is 2. The van der Waals surface area contributed by atoms with E-state index >= 15 is 0 Å². The average molecular weight is 364 g/mol. The second-order valence-electron chi connectivity index (χ2n) is 7.69. The van der Waals surface area contributed by atoms with Crippen LogP contribution in [0, 0.1) is 6.92 Å². The zero-order valence-corrected chi connectivity index (χ0v) is 16.9. The Kier molecular flexibility index (Phi) is 5.31. The summed E-state index contributed by atoms with van der Waals surface area (Å²) in [7, 11) is 1.67. The van der Waals surface area contributed by atoms with Crippen molar-refractivity contribution in [2.75, 3.05) is 12.8 Å². The topological polar surface area (TPSA) is 44.5 Å². The van der Waals surface area contributed by atoms with Crippen LogP contribution in [0.2, 0.25) is 0 Å². The first kappa shape index (κ1) is 19.1. The second-order valence-corrected chi connectivity index (χ2v) is 7.69. The first-order chi connectivity index (χ1) is 12.8. The second kappa shape index (κ2) is 7.51. The Bertz CT molecular complexity index is 890. The van der Waals surface area contributed by atoms with E-state index in [0.29, 0.717) is 0 Å². The van der Waals surface area contributed by atoms with Crippen LogP contribution < -0.4 is 15.2 Å². The lowest BCUT2D eigenvalue weighted by molar-refractivity contribution is 0.128. The Labute approximate surface area is 162 Å². The number of fused-ring (bicyclic) bond motifs is 1. The zero-order valence-electron chi connectivity index (χ0n) is 16.9. The smallest absolute Gasteiger partial charge is 0.132 e. The van der Waals surface area contributed by atoms with E-state index < -0.39 is 0 Å². The summed E-state index contributed by atoms with van der Waals surface area (Å²) >= 11 is 0. The maximum absolute atomic E-state index is 6.53. The van der Waals surface area contributed by atoms with Gasteiger partial charge in [-0.05, 0) is 82.0 Å². The SMILES string of the molecule is COc1ccc(-c2cc(C)c3c(c2N)C=CC(C)(CCC=C(C)C)O3)cc1. The number of methoxy groups -OCH3 is 1. The quantitative estimate of drug-likeness (QED) is 0.511. The summed E-state index contributed by atoms with van der Waals surface area (Å²) in [6, 6.07) is 10.1. The molecule has 3 rings (SSSR count). The molecule has 27 heavy (non-hydrogen) atoms. The summed E-state index contributed by atoms with van der Waals surface area (Å²) in [6.45, 7) is 8.47. The molecule has 1 atom stereocenters. The van der Waals surface area contributed by atoms with Crippen LogP contribution >= 0.6 is 0 Å². The minimum atomic E-state index is -0.308. The third kappa shape index (κ3) is 4.02. The van der Waals surface area contributed by atoms with Gasteiger partial charge in [-0.25, -0.2) is 0 Å². The molecule has 1 heterocycles. The van der Waals surface area contributed by atoms with E-state index in [-0.39, 0.29) is 5.60 Å². The molecule has 0 saturated heterocycles. The molecule has 2 aromatic carbocycles. The van der Waals surface area contributed by atoms with Gasteiger partial charge in [-0.1, -0.05) is 23.8 Å². The van der Waals surface area contributed by atoms with Crippen molar-refractivity contribution >= 4 is 11.8 Å². The van der Waals surface area contributed by atoms with E-state index in [1.54, 1.807) is 7.11 Å². The van der Waals surface area contributed by atoms with Crippen molar-refractivity contribution in [3.8, 4) is 22.6 Å². The van der Waals surface area contributed by atoms with Crippen LogP contribution in [0.5, 0.6) is 11.5 Å². The van der Waals surface area contributed by atoms with E-state index in [1.807, 2.05) is 24.3 Å². The number of hydrogen-bond acceptors (Lipinski definition) is 3. The maximum Gasteiger partial charge on any atom is 0.132 e. The highest BCUT2D eigenvalue weighted by molar-refractivity contribution is 5.87. The van der Waals surface area contributed by atoms with Crippen molar-refractivity contribution in [2.24, 2.45) is 0 Å². The van der Waals surface area contributed by atoms with Gasteiger partial charge in [0.1, 0.15) is 17.1 Å². The van der Waals surface area contributed by atoms with Gasteiger partial charge in [-0.15, -0.1) is 0 Å². The number of hydrogen-bond donors (Lipinski definition) is 1. The molecule has 0 fully saturated rings. The van der Waals surface area contributed by atoms with Crippen LogP contribution in [-0.2, 0) is 0 Å². The fourth-order valence-corrected chi connectivity index (χ4v) is 3.46. The van der Waals surface area contributed by atoms with Crippen LogP contribution in [0.3, 0.4) is 0 Å². The molecule has 0 amide bonds. The van der Waals surface area contributed by atoms with Crippen LogP contribution in [-0.4, -0.2) is 12.7 Å². The fourth-order valence-electron chi connectivity index (χ4n) is 3.46. The summed E-state index contributed by atoms with van der Waals surface area (Å²) in [5.41, 5.74) is 12.5. The summed E-state index contributed by atoms with van der Waals surface area (Å²) in [5, 5.41) is 0. The standard InChI is InChI=1S/C24H29NO2/c1-16(2)7-6-13-24(4)14-12-20-22(25)21(15-17(3)23(20)27-24)18-8-10-19(26-5)11-9-18/h7-12,14-15H,6,13,25H2,1-5H3. The van der Waals surface area contributed by atoms with Crippen molar-refractivity contribution in [1.29, 1.82) is 0 Å². The normalized spacial score (nSPS) is 17.8. The van der Waals surface area contributed by atoms with Crippen molar-refractivity contribution < 1.29 is 9.47 Å². The van der Waals surface area contributed by atoms with Crippen molar-refractivity contribution in [1.82, 2.24) is 0 Å². The van der Waals surface area contributed by atoms with Crippen molar-refractivity contribution in [3.05, 3.63) is 59.2 Å². The Morgan fingerprint density at radius 3 is 2.56 bits per heavy atom. The Hall–Kier alpha value is -2.68. The molecule has 0 aromatic heterocycles. The first-order valence-corrected chi connectivity index (χ1v) is 9.42. The summed E-state index contributed by atoms with van der Waals surface area (Å²) in [5.74, 6) is 1.73. The van der Waals surface area contributed by atoms with E-state index in [1.165, 1.54) is 5.57 Å². The molecule has 0 aliphatic carbocycles. The molecule has 3 nitrogen and oxygen atoms in total. The first-order valence-electron chi connectivity index (χ1n) is 9.42. The van der Waals surface area contributed by atoms with Crippen LogP contribution in [0.25, 0.3) is 17.2 Å². The predicted molar refractivity (Wildman–Crippen MR) is 114 cm³/mol. The van der Waals surface area contributed by atoms with Crippen molar-refractivity contribution in [2.45, 2.75) is 46.1 Å². The lowest BCUT2D eigenvalue weighted by atomic mass is 9.90. The fraction of sp³-hybridized carbons (Fsp3) is 0.333. The molecule has 1 aliphatic rings. The van der Waals surface area contributed by atoms with Crippen LogP contribution in [0.1, 0.15) is 44.7 Å². The summed E-state index contributed by atoms with van der Waals surface area (Å²) in [6.07, 6.45) is 8.45. The van der Waals surface area contributed by atoms with Gasteiger partial charge in [0.05, 0.1) is 12.8 Å². The minimum absolute atomic E-state index is 0.308. The van der Waals surface area contributed by atoms with Gasteiger partial charge in [0.2, 0.25) is 0 Å². The Morgan fingerprint density at radius 1 is 1.22 bits per heavy atom. The van der Waals surface area contributed by atoms with E-state index in [0.717, 1.165) is 52.3 Å². The van der Waals surface area contributed by atoms with E-state index in [4.69, 9.17) is 15.2 Å². The third-order valence-corrected chi connectivity index (χ3v) is 5.08. The highest BCUT2D eigenvalue weighted by Crippen LogP contribution is 2.43. The van der Waals surface area contributed by atoms with Gasteiger partial charge >= 0.3 is 0 Å². The number of nitrogen functional groups attached to an aromatic ring is 1. The number of ether oxygens (including phenoxy) is 2. The molecular weight excluding hydrogens is 334 g/mol. The van der Waals surface area contributed by atoms with Crippen LogP contribution in [0.15, 0.2) is 48.1 Å². The monoisotopic (exact) mass is 363 g/mol. The molecule has 1 unspecified atom stereocenters. The molecule has 0 saturated carbocycles. The van der Waals surface area contributed by atoms with E-state index in [2.05, 4.69) is 52.0 Å². The predicted octanol–water partition coefficient (Wildman–Crippen LogP) is 6.16. The third-order valence-electron chi connectivity index (χ3n) is 5.08. The van der Waals surface area contributed by atoms with E-state index in [9.17, 15) is 0 Å². The van der Waals surface area contributed by atoms with Crippen molar-refractivity contribution in [3.63, 3.8) is 0 Å². The molecular formula is C24H29NO2. The van der Waals surface area contributed by atoms with Gasteiger partial charge in [-0.2, -0.15) is 0 Å². The van der Waals surface area contributed by atoms with Gasteiger partial charge in [0, 0.05) is 11.1 Å². The molecule has 1 aliphatic heterocycles. The number of aryl methyl sites for hydroxylation is 1. The molecule has 142 valence electrons. The summed E-state index contributed by atoms with van der Waals surface area (Å²) in [4.78, 5) is 0. The van der Waals surface area contributed by atoms with Gasteiger partial charge in [-0.3, -0.25) is 0 Å². The molecule has 2 N–H and O–H groups in total. The van der Waals surface area contributed by atoms with Gasteiger partial charge in [0.25, 0.3) is 0 Å². The number of benzene rings is 2. The lowest BCUT2D eigenvalue weighted by Crippen LogP contribution is -2.32. The number of rotatable bonds is 5. The molecule has 3 heteroatoms. The Balaban J connectivity index is 1.94. The zero-order chi connectivity index (χ0) is 19.6. The summed E-state index contributed by atoms with van der Waals surface area (Å²) < 4.78 is 11.7. The lowest BCUT2D eigenvalue weighted by Gasteiger charge is -2.33. The number of nitrogens with two attached hydrogens (primary N) is 1. The van der Waals surface area contributed by atoms with Crippen LogP contribution in [0.4, 0.5) is 5.69 Å². The average Bonchev–Trinajstić information content (AvgIpc) is 2.64. The largest absolute Gasteiger partial charge is 0.497 e. The Morgan fingerprint density at radius 2 is 1.93 bits per heavy atom. The molecule has 0 spiro atoms. The minimum Gasteiger partial charge on any atom is -0.497 e. The molecule has 0 radical (unpaired) electrons. The highest BCUT2D eigenvalue weighted by Gasteiger charge is 2.29. The van der Waals surface area contributed by atoms with Gasteiger partial charge in [0.15, 0.2) is 0 Å². The highest BCUT2D eigenvalue weighted by atomic mass is 16.5. The maximum atomic E-state index is 6.53.